The first-order chi connectivity index (χ1) is 16.3. The monoisotopic (exact) mass is 474 g/mol. The fraction of sp³-hybridized carbons (Fsp3) is 0.304. The van der Waals surface area contributed by atoms with E-state index in [0.29, 0.717) is 5.75 Å². The van der Waals surface area contributed by atoms with Crippen LogP contribution in [0.15, 0.2) is 48.8 Å². The Balaban J connectivity index is 1.33. The number of hydrogen-bond donors (Lipinski definition) is 1. The number of ether oxygens (including phenoxy) is 3. The lowest BCUT2D eigenvalue weighted by atomic mass is 10.0. The molecule has 2 aromatic carbocycles. The average molecular weight is 474 g/mol. The molecule has 0 bridgehead atoms. The van der Waals surface area contributed by atoms with Crippen molar-refractivity contribution >= 4 is 11.6 Å². The molecule has 0 spiro atoms. The summed E-state index contributed by atoms with van der Waals surface area (Å²) in [5, 5.41) is 7.02. The number of alkyl halides is 3. The summed E-state index contributed by atoms with van der Waals surface area (Å²) in [5.41, 5.74) is 1.94. The molecule has 178 valence electrons. The predicted molar refractivity (Wildman–Crippen MR) is 116 cm³/mol. The summed E-state index contributed by atoms with van der Waals surface area (Å²) in [7, 11) is 0. The highest BCUT2D eigenvalue weighted by molar-refractivity contribution is 6.08. The normalized spacial score (nSPS) is 16.1. The quantitative estimate of drug-likeness (QED) is 0.599. The van der Waals surface area contributed by atoms with Crippen LogP contribution >= 0.6 is 0 Å². The summed E-state index contributed by atoms with van der Waals surface area (Å²) in [6.07, 6.45) is -1.20. The summed E-state index contributed by atoms with van der Waals surface area (Å²) in [6.45, 7) is 4.88. The fourth-order valence-corrected chi connectivity index (χ4v) is 3.88. The van der Waals surface area contributed by atoms with Crippen LogP contribution in [-0.4, -0.2) is 59.8 Å². The van der Waals surface area contributed by atoms with Crippen LogP contribution in [0.4, 0.5) is 18.9 Å². The number of nitrogens with zero attached hydrogens (tertiary/aromatic N) is 3. The summed E-state index contributed by atoms with van der Waals surface area (Å²) in [5.74, 6) is -0.444. The molecule has 1 amide bonds. The van der Waals surface area contributed by atoms with Gasteiger partial charge in [-0.05, 0) is 29.8 Å². The first-order valence-corrected chi connectivity index (χ1v) is 10.7. The highest BCUT2D eigenvalue weighted by atomic mass is 19.4. The predicted octanol–water partition coefficient (Wildman–Crippen LogP) is 4.14. The molecule has 3 aromatic rings. The summed E-state index contributed by atoms with van der Waals surface area (Å²) in [4.78, 5) is 15.2. The molecule has 0 radical (unpaired) electrons. The van der Waals surface area contributed by atoms with Gasteiger partial charge in [-0.3, -0.25) is 14.4 Å². The van der Waals surface area contributed by atoms with Gasteiger partial charge < -0.3 is 19.5 Å². The number of aromatic nitrogens is 2. The van der Waals surface area contributed by atoms with E-state index >= 15 is 0 Å². The molecular weight excluding hydrogens is 453 g/mol. The molecule has 8 nitrogen and oxygen atoms in total. The van der Waals surface area contributed by atoms with Crippen molar-refractivity contribution in [2.45, 2.75) is 12.9 Å². The van der Waals surface area contributed by atoms with Gasteiger partial charge >= 0.3 is 6.36 Å². The van der Waals surface area contributed by atoms with Crippen LogP contribution in [0, 0.1) is 0 Å². The van der Waals surface area contributed by atoms with E-state index in [0.717, 1.165) is 62.7 Å². The van der Waals surface area contributed by atoms with Gasteiger partial charge in [0.2, 0.25) is 0 Å². The van der Waals surface area contributed by atoms with Crippen LogP contribution in [0.25, 0.3) is 11.1 Å². The van der Waals surface area contributed by atoms with Crippen molar-refractivity contribution in [1.82, 2.24) is 14.7 Å². The molecule has 1 saturated heterocycles. The largest absolute Gasteiger partial charge is 0.573 e. The lowest BCUT2D eigenvalue weighted by Gasteiger charge is -2.26. The van der Waals surface area contributed by atoms with Gasteiger partial charge in [-0.1, -0.05) is 6.07 Å². The van der Waals surface area contributed by atoms with Gasteiger partial charge in [0.25, 0.3) is 5.91 Å². The van der Waals surface area contributed by atoms with E-state index in [2.05, 4.69) is 20.1 Å². The van der Waals surface area contributed by atoms with Gasteiger partial charge in [0.15, 0.2) is 5.75 Å². The van der Waals surface area contributed by atoms with Crippen molar-refractivity contribution in [3.05, 3.63) is 54.4 Å². The Morgan fingerprint density at radius 1 is 1.03 bits per heavy atom. The van der Waals surface area contributed by atoms with Crippen molar-refractivity contribution in [2.75, 3.05) is 38.2 Å². The second-order valence-electron chi connectivity index (χ2n) is 7.92. The molecule has 0 unspecified atom stereocenters. The van der Waals surface area contributed by atoms with Crippen LogP contribution in [0.1, 0.15) is 10.4 Å². The van der Waals surface area contributed by atoms with Crippen LogP contribution in [-0.2, 0) is 11.3 Å². The number of rotatable bonds is 5. The Morgan fingerprint density at radius 2 is 1.82 bits per heavy atom. The molecule has 0 saturated carbocycles. The van der Waals surface area contributed by atoms with E-state index < -0.39 is 18.0 Å². The molecule has 1 fully saturated rings. The van der Waals surface area contributed by atoms with Crippen LogP contribution in [0.5, 0.6) is 17.2 Å². The Labute approximate surface area is 192 Å². The molecule has 11 heteroatoms. The Kier molecular flexibility index (Phi) is 5.88. The number of carbonyl (C=O) groups is 1. The molecule has 1 aromatic heterocycles. The third-order valence-corrected chi connectivity index (χ3v) is 5.59. The number of amides is 1. The summed E-state index contributed by atoms with van der Waals surface area (Å²) < 4.78 is 54.6. The molecule has 5 rings (SSSR count). The van der Waals surface area contributed by atoms with E-state index in [9.17, 15) is 18.0 Å². The first-order valence-electron chi connectivity index (χ1n) is 10.7. The SMILES string of the molecule is O=C1Nc2cc(OC(F)(F)F)ccc2Oc2ccc(-c3cnn(CCN4CCOCC4)c3)cc21. The maximum Gasteiger partial charge on any atom is 0.573 e. The highest BCUT2D eigenvalue weighted by Gasteiger charge is 2.32. The third-order valence-electron chi connectivity index (χ3n) is 5.59. The number of nitrogens with one attached hydrogen (secondary N) is 1. The first kappa shape index (κ1) is 22.2. The Morgan fingerprint density at radius 3 is 2.62 bits per heavy atom. The summed E-state index contributed by atoms with van der Waals surface area (Å²) in [6, 6.07) is 8.66. The smallest absolute Gasteiger partial charge is 0.454 e. The lowest BCUT2D eigenvalue weighted by molar-refractivity contribution is -0.274. The van der Waals surface area contributed by atoms with Crippen molar-refractivity contribution in [3.8, 4) is 28.4 Å². The summed E-state index contributed by atoms with van der Waals surface area (Å²) >= 11 is 0. The minimum Gasteiger partial charge on any atom is -0.454 e. The van der Waals surface area contributed by atoms with Crippen molar-refractivity contribution in [1.29, 1.82) is 0 Å². The third kappa shape index (κ3) is 5.00. The molecule has 3 heterocycles. The van der Waals surface area contributed by atoms with E-state index in [1.807, 2.05) is 16.9 Å². The van der Waals surface area contributed by atoms with Crippen LogP contribution < -0.4 is 14.8 Å². The van der Waals surface area contributed by atoms with Crippen molar-refractivity contribution in [2.24, 2.45) is 0 Å². The van der Waals surface area contributed by atoms with E-state index in [4.69, 9.17) is 9.47 Å². The topological polar surface area (TPSA) is 77.8 Å². The van der Waals surface area contributed by atoms with Crippen molar-refractivity contribution < 1.29 is 32.2 Å². The van der Waals surface area contributed by atoms with Crippen LogP contribution in [0.3, 0.4) is 0 Å². The number of halogens is 3. The van der Waals surface area contributed by atoms with Gasteiger partial charge in [-0.25, -0.2) is 0 Å². The molecule has 2 aliphatic rings. The molecule has 2 aliphatic heterocycles. The number of fused-ring (bicyclic) bond motifs is 2. The van der Waals surface area contributed by atoms with E-state index in [-0.39, 0.29) is 17.0 Å². The van der Waals surface area contributed by atoms with Crippen molar-refractivity contribution in [3.63, 3.8) is 0 Å². The molecule has 34 heavy (non-hydrogen) atoms. The van der Waals surface area contributed by atoms with Crippen LogP contribution in [0.2, 0.25) is 0 Å². The molecule has 0 aliphatic carbocycles. The van der Waals surface area contributed by atoms with Gasteiger partial charge in [-0.15, -0.1) is 13.2 Å². The lowest BCUT2D eigenvalue weighted by Crippen LogP contribution is -2.38. The maximum atomic E-state index is 12.8. The molecule has 1 N–H and O–H groups in total. The second kappa shape index (κ2) is 8.99. The standard InChI is InChI=1S/C23H21F3N4O4/c24-23(25,26)34-17-2-4-21-19(12-17)28-22(31)18-11-15(1-3-20(18)33-21)16-13-27-30(14-16)6-5-29-7-9-32-10-8-29/h1-4,11-14H,5-10H2,(H,28,31). The highest BCUT2D eigenvalue weighted by Crippen LogP contribution is 2.39. The van der Waals surface area contributed by atoms with Gasteiger partial charge in [0.05, 0.1) is 37.2 Å². The maximum absolute atomic E-state index is 12.8. The minimum atomic E-state index is -4.84. The molecule has 0 atom stereocenters. The Bertz CT molecular complexity index is 1210. The number of anilines is 1. The number of hydrogen-bond acceptors (Lipinski definition) is 6. The zero-order valence-corrected chi connectivity index (χ0v) is 18.0. The number of carbonyl (C=O) groups excluding carboxylic acids is 1. The minimum absolute atomic E-state index is 0.0837. The zero-order chi connectivity index (χ0) is 23.7. The Hall–Kier alpha value is -3.57. The number of morpholine rings is 1. The van der Waals surface area contributed by atoms with Gasteiger partial charge in [0.1, 0.15) is 11.5 Å². The van der Waals surface area contributed by atoms with E-state index in [1.54, 1.807) is 18.3 Å². The van der Waals surface area contributed by atoms with Gasteiger partial charge in [-0.2, -0.15) is 5.10 Å². The van der Waals surface area contributed by atoms with E-state index in [1.165, 1.54) is 6.07 Å². The number of benzene rings is 2. The zero-order valence-electron chi connectivity index (χ0n) is 18.0. The fourth-order valence-electron chi connectivity index (χ4n) is 3.88. The van der Waals surface area contributed by atoms with Gasteiger partial charge in [0, 0.05) is 37.5 Å². The molecular formula is C23H21F3N4O4. The average Bonchev–Trinajstić information content (AvgIpc) is 3.23. The second-order valence-corrected chi connectivity index (χ2v) is 7.92.